The van der Waals surface area contributed by atoms with Crippen molar-refractivity contribution in [3.8, 4) is 0 Å². The average molecular weight is 280 g/mol. The van der Waals surface area contributed by atoms with Crippen molar-refractivity contribution in [3.05, 3.63) is 33.9 Å². The second-order valence-electron chi connectivity index (χ2n) is 5.56. The Morgan fingerprint density at radius 2 is 2.30 bits per heavy atom. The highest BCUT2D eigenvalue weighted by molar-refractivity contribution is 5.55. The fourth-order valence-electron chi connectivity index (χ4n) is 2.46. The predicted octanol–water partition coefficient (Wildman–Crippen LogP) is 1.49. The molecule has 1 aromatic carbocycles. The van der Waals surface area contributed by atoms with Crippen LogP contribution in [-0.4, -0.2) is 35.1 Å². The molecule has 0 aliphatic carbocycles. The highest BCUT2D eigenvalue weighted by Gasteiger charge is 2.27. The second-order valence-corrected chi connectivity index (χ2v) is 5.56. The summed E-state index contributed by atoms with van der Waals surface area (Å²) < 4.78 is 5.66. The zero-order valence-electron chi connectivity index (χ0n) is 11.8. The molecule has 1 aliphatic heterocycles. The van der Waals surface area contributed by atoms with Crippen LogP contribution in [0.5, 0.6) is 0 Å². The van der Waals surface area contributed by atoms with Crippen molar-refractivity contribution in [1.29, 1.82) is 0 Å². The molecule has 2 rings (SSSR count). The van der Waals surface area contributed by atoms with Gasteiger partial charge < -0.3 is 10.2 Å². The lowest BCUT2D eigenvalue weighted by Gasteiger charge is -2.38. The summed E-state index contributed by atoms with van der Waals surface area (Å²) in [4.78, 5) is 12.7. The summed E-state index contributed by atoms with van der Waals surface area (Å²) in [6, 6.07) is 4.65. The van der Waals surface area contributed by atoms with E-state index in [0.29, 0.717) is 18.8 Å². The SMILES string of the molecule is CC1(C)CN(Cc2cc([N+](=O)[O-])ccc2NN)CCO1. The molecule has 1 heterocycles. The molecule has 20 heavy (non-hydrogen) atoms. The van der Waals surface area contributed by atoms with Gasteiger partial charge in [0.15, 0.2) is 0 Å². The number of anilines is 1. The fourth-order valence-corrected chi connectivity index (χ4v) is 2.46. The Labute approximate surface area is 117 Å². The Kier molecular flexibility index (Phi) is 4.22. The second kappa shape index (κ2) is 5.74. The minimum atomic E-state index is -0.396. The molecule has 0 spiro atoms. The van der Waals surface area contributed by atoms with Crippen molar-refractivity contribution in [3.63, 3.8) is 0 Å². The predicted molar refractivity (Wildman–Crippen MR) is 76.2 cm³/mol. The summed E-state index contributed by atoms with van der Waals surface area (Å²) in [5.74, 6) is 5.47. The molecule has 110 valence electrons. The van der Waals surface area contributed by atoms with E-state index >= 15 is 0 Å². The van der Waals surface area contributed by atoms with E-state index in [-0.39, 0.29) is 11.3 Å². The van der Waals surface area contributed by atoms with Gasteiger partial charge in [-0.15, -0.1) is 0 Å². The van der Waals surface area contributed by atoms with Crippen molar-refractivity contribution < 1.29 is 9.66 Å². The van der Waals surface area contributed by atoms with Crippen LogP contribution in [0.1, 0.15) is 19.4 Å². The summed E-state index contributed by atoms with van der Waals surface area (Å²) >= 11 is 0. The van der Waals surface area contributed by atoms with Crippen LogP contribution in [0.2, 0.25) is 0 Å². The van der Waals surface area contributed by atoms with Crippen LogP contribution >= 0.6 is 0 Å². The first-order chi connectivity index (χ1) is 9.41. The van der Waals surface area contributed by atoms with E-state index in [1.54, 1.807) is 12.1 Å². The van der Waals surface area contributed by atoms with Crippen molar-refractivity contribution in [1.82, 2.24) is 4.90 Å². The van der Waals surface area contributed by atoms with Gasteiger partial charge >= 0.3 is 0 Å². The van der Waals surface area contributed by atoms with Gasteiger partial charge in [-0.2, -0.15) is 0 Å². The molecule has 1 aliphatic rings. The Morgan fingerprint density at radius 1 is 1.55 bits per heavy atom. The Bertz CT molecular complexity index is 504. The monoisotopic (exact) mass is 280 g/mol. The van der Waals surface area contributed by atoms with Crippen LogP contribution in [0.15, 0.2) is 18.2 Å². The van der Waals surface area contributed by atoms with Crippen molar-refractivity contribution in [2.24, 2.45) is 5.84 Å². The summed E-state index contributed by atoms with van der Waals surface area (Å²) in [6.07, 6.45) is 0. The molecule has 0 bridgehead atoms. The maximum Gasteiger partial charge on any atom is 0.269 e. The Hall–Kier alpha value is -1.70. The first-order valence-electron chi connectivity index (χ1n) is 6.51. The molecule has 0 radical (unpaired) electrons. The maximum atomic E-state index is 10.9. The van der Waals surface area contributed by atoms with Crippen molar-refractivity contribution in [2.45, 2.75) is 26.0 Å². The zero-order chi connectivity index (χ0) is 14.8. The van der Waals surface area contributed by atoms with Gasteiger partial charge in [0.1, 0.15) is 0 Å². The third-order valence-electron chi connectivity index (χ3n) is 3.35. The normalized spacial score (nSPS) is 18.8. The van der Waals surface area contributed by atoms with Crippen LogP contribution in [0.25, 0.3) is 0 Å². The number of nitro benzene ring substituents is 1. The fraction of sp³-hybridized carbons (Fsp3) is 0.538. The van der Waals surface area contributed by atoms with Gasteiger partial charge in [-0.3, -0.25) is 20.9 Å². The number of ether oxygens (including phenoxy) is 1. The van der Waals surface area contributed by atoms with Gasteiger partial charge in [0, 0.05) is 31.8 Å². The number of rotatable bonds is 4. The van der Waals surface area contributed by atoms with E-state index in [2.05, 4.69) is 10.3 Å². The third-order valence-corrected chi connectivity index (χ3v) is 3.35. The summed E-state index contributed by atoms with van der Waals surface area (Å²) in [5.41, 5.74) is 3.99. The third kappa shape index (κ3) is 3.44. The molecule has 7 heteroatoms. The number of nitrogens with two attached hydrogens (primary N) is 1. The van der Waals surface area contributed by atoms with Gasteiger partial charge in [0.25, 0.3) is 5.69 Å². The maximum absolute atomic E-state index is 10.9. The molecule has 0 unspecified atom stereocenters. The Morgan fingerprint density at radius 3 is 2.90 bits per heavy atom. The van der Waals surface area contributed by atoms with Crippen LogP contribution in [0, 0.1) is 10.1 Å². The van der Waals surface area contributed by atoms with E-state index in [0.717, 1.165) is 18.7 Å². The first-order valence-corrected chi connectivity index (χ1v) is 6.51. The number of nitrogens with one attached hydrogen (secondary N) is 1. The number of nitrogens with zero attached hydrogens (tertiary/aromatic N) is 2. The topological polar surface area (TPSA) is 93.7 Å². The molecule has 1 fully saturated rings. The van der Waals surface area contributed by atoms with E-state index < -0.39 is 4.92 Å². The minimum Gasteiger partial charge on any atom is -0.373 e. The van der Waals surface area contributed by atoms with E-state index in [9.17, 15) is 10.1 Å². The number of hydrogen-bond donors (Lipinski definition) is 2. The molecule has 1 saturated heterocycles. The van der Waals surface area contributed by atoms with Crippen LogP contribution in [-0.2, 0) is 11.3 Å². The lowest BCUT2D eigenvalue weighted by Crippen LogP contribution is -2.47. The van der Waals surface area contributed by atoms with Gasteiger partial charge in [0.05, 0.1) is 22.8 Å². The molecule has 7 nitrogen and oxygen atoms in total. The van der Waals surface area contributed by atoms with Crippen LogP contribution < -0.4 is 11.3 Å². The summed E-state index contributed by atoms with van der Waals surface area (Å²) in [7, 11) is 0. The van der Waals surface area contributed by atoms with Gasteiger partial charge in [-0.25, -0.2) is 0 Å². The van der Waals surface area contributed by atoms with Crippen molar-refractivity contribution >= 4 is 11.4 Å². The lowest BCUT2D eigenvalue weighted by atomic mass is 10.1. The standard InChI is InChI=1S/C13H20N4O3/c1-13(2)9-16(5-6-20-13)8-10-7-11(17(18)19)3-4-12(10)15-14/h3-4,7,15H,5-6,8-9,14H2,1-2H3. The number of hydrogen-bond acceptors (Lipinski definition) is 6. The molecule has 0 amide bonds. The molecule has 0 atom stereocenters. The summed E-state index contributed by atoms with van der Waals surface area (Å²) in [5, 5.41) is 10.9. The number of morpholine rings is 1. The van der Waals surface area contributed by atoms with E-state index in [1.807, 2.05) is 13.8 Å². The van der Waals surface area contributed by atoms with Crippen LogP contribution in [0.4, 0.5) is 11.4 Å². The van der Waals surface area contributed by atoms with Gasteiger partial charge in [-0.05, 0) is 25.5 Å². The van der Waals surface area contributed by atoms with E-state index in [4.69, 9.17) is 10.6 Å². The smallest absolute Gasteiger partial charge is 0.269 e. The molecule has 1 aromatic rings. The molecule has 0 saturated carbocycles. The lowest BCUT2D eigenvalue weighted by molar-refractivity contribution is -0.384. The average Bonchev–Trinajstić information content (AvgIpc) is 2.37. The van der Waals surface area contributed by atoms with Gasteiger partial charge in [-0.1, -0.05) is 0 Å². The number of benzene rings is 1. The van der Waals surface area contributed by atoms with E-state index in [1.165, 1.54) is 6.07 Å². The number of hydrazine groups is 1. The Balaban J connectivity index is 2.18. The molecule has 0 aromatic heterocycles. The number of nitro groups is 1. The summed E-state index contributed by atoms with van der Waals surface area (Å²) in [6.45, 7) is 6.92. The number of nitrogen functional groups attached to an aromatic ring is 1. The number of non-ortho nitro benzene ring substituents is 1. The highest BCUT2D eigenvalue weighted by Crippen LogP contribution is 2.25. The quantitative estimate of drug-likeness (QED) is 0.493. The van der Waals surface area contributed by atoms with Gasteiger partial charge in [0.2, 0.25) is 0 Å². The molecular formula is C13H20N4O3. The largest absolute Gasteiger partial charge is 0.373 e. The van der Waals surface area contributed by atoms with Crippen molar-refractivity contribution in [2.75, 3.05) is 25.1 Å². The molecular weight excluding hydrogens is 260 g/mol. The zero-order valence-corrected chi connectivity index (χ0v) is 11.8. The molecule has 3 N–H and O–H groups in total. The van der Waals surface area contributed by atoms with Crippen LogP contribution in [0.3, 0.4) is 0 Å². The first kappa shape index (κ1) is 14.7. The minimum absolute atomic E-state index is 0.0755. The highest BCUT2D eigenvalue weighted by atomic mass is 16.6.